The molecular weight excluding hydrogens is 262 g/mol. The highest BCUT2D eigenvalue weighted by atomic mass is 16.1. The van der Waals surface area contributed by atoms with Crippen LogP contribution in [-0.4, -0.2) is 16.5 Å². The summed E-state index contributed by atoms with van der Waals surface area (Å²) in [6.07, 6.45) is 5.89. The highest BCUT2D eigenvalue weighted by molar-refractivity contribution is 5.95. The number of hydrogen-bond donors (Lipinski definition) is 2. The third-order valence-electron chi connectivity index (χ3n) is 4.35. The molecule has 4 nitrogen and oxygen atoms in total. The average molecular weight is 285 g/mol. The van der Waals surface area contributed by atoms with Crippen LogP contribution in [0.3, 0.4) is 0 Å². The summed E-state index contributed by atoms with van der Waals surface area (Å²) in [5.41, 5.74) is 7.98. The van der Waals surface area contributed by atoms with Gasteiger partial charge in [0.25, 0.3) is 0 Å². The molecule has 1 aromatic carbocycles. The van der Waals surface area contributed by atoms with Crippen LogP contribution in [0.1, 0.15) is 32.6 Å². The molecule has 1 saturated carbocycles. The van der Waals surface area contributed by atoms with E-state index >= 15 is 0 Å². The van der Waals surface area contributed by atoms with Crippen LogP contribution in [-0.2, 0) is 11.3 Å². The van der Waals surface area contributed by atoms with E-state index in [9.17, 15) is 4.79 Å². The molecule has 1 fully saturated rings. The van der Waals surface area contributed by atoms with Crippen LogP contribution in [0.5, 0.6) is 0 Å². The van der Waals surface area contributed by atoms with Gasteiger partial charge in [-0.3, -0.25) is 4.79 Å². The molecule has 112 valence electrons. The Balaban J connectivity index is 1.74. The van der Waals surface area contributed by atoms with Crippen molar-refractivity contribution < 1.29 is 4.79 Å². The summed E-state index contributed by atoms with van der Waals surface area (Å²) < 4.78 is 2.25. The maximum absolute atomic E-state index is 12.2. The summed E-state index contributed by atoms with van der Waals surface area (Å²) in [7, 11) is 0. The first-order valence-corrected chi connectivity index (χ1v) is 7.82. The number of anilines is 1. The van der Waals surface area contributed by atoms with Gasteiger partial charge in [-0.15, -0.1) is 0 Å². The Morgan fingerprint density at radius 3 is 2.95 bits per heavy atom. The molecule has 2 atom stereocenters. The lowest BCUT2D eigenvalue weighted by molar-refractivity contribution is -0.119. The fourth-order valence-electron chi connectivity index (χ4n) is 3.21. The largest absolute Gasteiger partial charge is 0.347 e. The van der Waals surface area contributed by atoms with Gasteiger partial charge in [0.1, 0.15) is 0 Å². The van der Waals surface area contributed by atoms with E-state index in [1.165, 1.54) is 10.9 Å². The van der Waals surface area contributed by atoms with Gasteiger partial charge in [-0.25, -0.2) is 0 Å². The van der Waals surface area contributed by atoms with E-state index < -0.39 is 0 Å². The maximum Gasteiger partial charge on any atom is 0.227 e. The predicted octanol–water partition coefficient (Wildman–Crippen LogP) is 3.12. The van der Waals surface area contributed by atoms with E-state index in [4.69, 9.17) is 5.73 Å². The Morgan fingerprint density at radius 1 is 1.38 bits per heavy atom. The maximum atomic E-state index is 12.2. The average Bonchev–Trinajstić information content (AvgIpc) is 3.06. The van der Waals surface area contributed by atoms with Crippen molar-refractivity contribution in [2.75, 3.05) is 5.32 Å². The van der Waals surface area contributed by atoms with Crippen LogP contribution in [0.25, 0.3) is 10.9 Å². The lowest BCUT2D eigenvalue weighted by atomic mass is 10.1. The van der Waals surface area contributed by atoms with Crippen LogP contribution in [0, 0.1) is 5.92 Å². The highest BCUT2D eigenvalue weighted by Crippen LogP contribution is 2.26. The highest BCUT2D eigenvalue weighted by Gasteiger charge is 2.27. The van der Waals surface area contributed by atoms with Crippen LogP contribution >= 0.6 is 0 Å². The number of rotatable bonds is 4. The molecule has 0 spiro atoms. The van der Waals surface area contributed by atoms with Gasteiger partial charge in [-0.1, -0.05) is 6.92 Å². The summed E-state index contributed by atoms with van der Waals surface area (Å²) in [6, 6.07) is 8.41. The number of amides is 1. The molecular formula is C17H23N3O. The number of carbonyl (C=O) groups excluding carboxylic acids is 1. The number of aryl methyl sites for hydroxylation is 1. The third kappa shape index (κ3) is 2.95. The summed E-state index contributed by atoms with van der Waals surface area (Å²) in [5.74, 6) is 0.177. The van der Waals surface area contributed by atoms with E-state index in [1.54, 1.807) is 0 Å². The van der Waals surface area contributed by atoms with E-state index in [0.717, 1.165) is 37.9 Å². The van der Waals surface area contributed by atoms with Crippen molar-refractivity contribution in [3.8, 4) is 0 Å². The van der Waals surface area contributed by atoms with Crippen LogP contribution in [0.4, 0.5) is 5.69 Å². The number of benzene rings is 1. The monoisotopic (exact) mass is 285 g/mol. The van der Waals surface area contributed by atoms with E-state index in [2.05, 4.69) is 35.1 Å². The Kier molecular flexibility index (Phi) is 3.97. The second-order valence-electron chi connectivity index (χ2n) is 6.04. The minimum absolute atomic E-state index is 0.0698. The Labute approximate surface area is 125 Å². The number of nitrogens with one attached hydrogen (secondary N) is 1. The van der Waals surface area contributed by atoms with E-state index in [-0.39, 0.29) is 17.9 Å². The van der Waals surface area contributed by atoms with Gasteiger partial charge in [-0.2, -0.15) is 0 Å². The molecule has 4 heteroatoms. The topological polar surface area (TPSA) is 60.0 Å². The van der Waals surface area contributed by atoms with Crippen LogP contribution < -0.4 is 11.1 Å². The molecule has 3 rings (SSSR count). The zero-order chi connectivity index (χ0) is 14.8. The van der Waals surface area contributed by atoms with E-state index in [0.29, 0.717) is 0 Å². The summed E-state index contributed by atoms with van der Waals surface area (Å²) in [4.78, 5) is 12.2. The Morgan fingerprint density at radius 2 is 2.24 bits per heavy atom. The number of nitrogens with zero attached hydrogens (tertiary/aromatic N) is 1. The zero-order valence-electron chi connectivity index (χ0n) is 12.5. The van der Waals surface area contributed by atoms with Crippen molar-refractivity contribution in [3.05, 3.63) is 30.5 Å². The lowest BCUT2D eigenvalue weighted by Crippen LogP contribution is -2.23. The van der Waals surface area contributed by atoms with Crippen LogP contribution in [0.2, 0.25) is 0 Å². The molecule has 1 amide bonds. The van der Waals surface area contributed by atoms with Gasteiger partial charge in [0.2, 0.25) is 5.91 Å². The fraction of sp³-hybridized carbons (Fsp3) is 0.471. The van der Waals surface area contributed by atoms with Gasteiger partial charge in [0.05, 0.1) is 0 Å². The SMILES string of the molecule is CCCn1ccc2cc(NC(=O)C3CCC(N)C3)ccc21. The van der Waals surface area contributed by atoms with Gasteiger partial charge in [0.15, 0.2) is 0 Å². The molecule has 21 heavy (non-hydrogen) atoms. The number of hydrogen-bond acceptors (Lipinski definition) is 2. The normalized spacial score (nSPS) is 21.8. The van der Waals surface area contributed by atoms with Crippen molar-refractivity contribution >= 4 is 22.5 Å². The number of fused-ring (bicyclic) bond motifs is 1. The molecule has 0 bridgehead atoms. The summed E-state index contributed by atoms with van der Waals surface area (Å²) >= 11 is 0. The molecule has 2 unspecified atom stereocenters. The minimum Gasteiger partial charge on any atom is -0.347 e. The summed E-state index contributed by atoms with van der Waals surface area (Å²) in [6.45, 7) is 3.20. The smallest absolute Gasteiger partial charge is 0.227 e. The third-order valence-corrected chi connectivity index (χ3v) is 4.35. The Bertz CT molecular complexity index is 647. The summed E-state index contributed by atoms with van der Waals surface area (Å²) in [5, 5.41) is 4.20. The predicted molar refractivity (Wildman–Crippen MR) is 86.2 cm³/mol. The van der Waals surface area contributed by atoms with E-state index in [1.807, 2.05) is 12.1 Å². The molecule has 1 aliphatic carbocycles. The van der Waals surface area contributed by atoms with Crippen molar-refractivity contribution in [1.29, 1.82) is 0 Å². The molecule has 2 aromatic rings. The standard InChI is InChI=1S/C17H23N3O/c1-2-8-20-9-7-12-11-15(5-6-16(12)20)19-17(21)13-3-4-14(18)10-13/h5-7,9,11,13-14H,2-4,8,10,18H2,1H3,(H,19,21). The number of aromatic nitrogens is 1. The molecule has 0 radical (unpaired) electrons. The lowest BCUT2D eigenvalue weighted by Gasteiger charge is -2.11. The molecule has 0 aliphatic heterocycles. The number of nitrogens with two attached hydrogens (primary N) is 1. The quantitative estimate of drug-likeness (QED) is 0.906. The second kappa shape index (κ2) is 5.90. The van der Waals surface area contributed by atoms with Gasteiger partial charge in [-0.05, 0) is 49.9 Å². The molecule has 3 N–H and O–H groups in total. The van der Waals surface area contributed by atoms with Crippen molar-refractivity contribution in [3.63, 3.8) is 0 Å². The van der Waals surface area contributed by atoms with Gasteiger partial charge in [0, 0.05) is 41.3 Å². The first-order chi connectivity index (χ1) is 10.2. The Hall–Kier alpha value is -1.81. The van der Waals surface area contributed by atoms with Gasteiger partial charge >= 0.3 is 0 Å². The first-order valence-electron chi connectivity index (χ1n) is 7.82. The zero-order valence-corrected chi connectivity index (χ0v) is 12.5. The molecule has 1 aromatic heterocycles. The number of carbonyl (C=O) groups is 1. The van der Waals surface area contributed by atoms with Crippen molar-refractivity contribution in [2.45, 2.75) is 45.2 Å². The fourth-order valence-corrected chi connectivity index (χ4v) is 3.21. The molecule has 0 saturated heterocycles. The minimum atomic E-state index is 0.0698. The van der Waals surface area contributed by atoms with Gasteiger partial charge < -0.3 is 15.6 Å². The second-order valence-corrected chi connectivity index (χ2v) is 6.04. The molecule has 1 aliphatic rings. The molecule has 1 heterocycles. The van der Waals surface area contributed by atoms with Crippen LogP contribution in [0.15, 0.2) is 30.5 Å². The first kappa shape index (κ1) is 14.1. The van der Waals surface area contributed by atoms with Crippen molar-refractivity contribution in [2.24, 2.45) is 11.7 Å². The van der Waals surface area contributed by atoms with Crippen molar-refractivity contribution in [1.82, 2.24) is 4.57 Å².